The van der Waals surface area contributed by atoms with Gasteiger partial charge in [-0.2, -0.15) is 4.31 Å². The van der Waals surface area contributed by atoms with Gasteiger partial charge in [-0.15, -0.1) is 0 Å². The minimum atomic E-state index is -3.42. The highest BCUT2D eigenvalue weighted by molar-refractivity contribution is 7.89. The Morgan fingerprint density at radius 1 is 1.30 bits per heavy atom. The second kappa shape index (κ2) is 5.28. The van der Waals surface area contributed by atoms with E-state index in [1.807, 2.05) is 6.07 Å². The number of hydrogen-bond acceptors (Lipinski definition) is 4. The van der Waals surface area contributed by atoms with Crippen molar-refractivity contribution in [2.24, 2.45) is 11.8 Å². The maximum Gasteiger partial charge on any atom is 0.243 e. The summed E-state index contributed by atoms with van der Waals surface area (Å²) in [5.41, 5.74) is -0.243. The summed E-state index contributed by atoms with van der Waals surface area (Å²) >= 11 is 0. The molecule has 4 rings (SSSR count). The predicted molar refractivity (Wildman–Crippen MR) is 87.6 cm³/mol. The Balaban J connectivity index is 1.61. The zero-order valence-electron chi connectivity index (χ0n) is 13.7. The van der Waals surface area contributed by atoms with Crippen molar-refractivity contribution in [3.05, 3.63) is 30.3 Å². The van der Waals surface area contributed by atoms with E-state index in [2.05, 4.69) is 19.0 Å². The molecule has 6 heteroatoms. The van der Waals surface area contributed by atoms with E-state index < -0.39 is 10.0 Å². The minimum Gasteiger partial charge on any atom is -0.370 e. The van der Waals surface area contributed by atoms with Crippen LogP contribution in [0.15, 0.2) is 35.2 Å². The molecule has 3 fully saturated rings. The van der Waals surface area contributed by atoms with Gasteiger partial charge >= 0.3 is 0 Å². The van der Waals surface area contributed by atoms with Gasteiger partial charge in [-0.1, -0.05) is 18.2 Å². The van der Waals surface area contributed by atoms with E-state index in [4.69, 9.17) is 4.74 Å². The van der Waals surface area contributed by atoms with Gasteiger partial charge in [0.05, 0.1) is 16.6 Å². The Kier molecular flexibility index (Phi) is 3.57. The van der Waals surface area contributed by atoms with Crippen LogP contribution in [0.2, 0.25) is 0 Å². The van der Waals surface area contributed by atoms with Gasteiger partial charge < -0.3 is 9.64 Å². The summed E-state index contributed by atoms with van der Waals surface area (Å²) in [5.74, 6) is 0.761. The molecule has 0 saturated carbocycles. The molecule has 4 atom stereocenters. The van der Waals surface area contributed by atoms with Crippen molar-refractivity contribution in [1.82, 2.24) is 9.21 Å². The van der Waals surface area contributed by atoms with E-state index in [1.165, 1.54) is 0 Å². The van der Waals surface area contributed by atoms with Gasteiger partial charge in [-0.05, 0) is 39.1 Å². The maximum atomic E-state index is 12.9. The molecule has 3 saturated heterocycles. The van der Waals surface area contributed by atoms with Crippen molar-refractivity contribution in [3.63, 3.8) is 0 Å². The van der Waals surface area contributed by atoms with Crippen molar-refractivity contribution in [3.8, 4) is 0 Å². The fourth-order valence-electron chi connectivity index (χ4n) is 4.74. The van der Waals surface area contributed by atoms with Crippen LogP contribution < -0.4 is 0 Å². The van der Waals surface area contributed by atoms with E-state index in [0.717, 1.165) is 19.4 Å². The van der Waals surface area contributed by atoms with Crippen LogP contribution in [-0.2, 0) is 14.8 Å². The fraction of sp³-hybridized carbons (Fsp3) is 0.647. The summed E-state index contributed by atoms with van der Waals surface area (Å²) in [7, 11) is 0.728. The zero-order chi connectivity index (χ0) is 16.2. The molecule has 0 N–H and O–H groups in total. The van der Waals surface area contributed by atoms with Crippen molar-refractivity contribution >= 4 is 10.0 Å². The van der Waals surface area contributed by atoms with E-state index in [1.54, 1.807) is 28.6 Å². The summed E-state index contributed by atoms with van der Waals surface area (Å²) in [6, 6.07) is 8.75. The molecule has 23 heavy (non-hydrogen) atoms. The van der Waals surface area contributed by atoms with E-state index in [-0.39, 0.29) is 5.60 Å². The number of hydrogen-bond donors (Lipinski definition) is 0. The number of sulfonamides is 1. The van der Waals surface area contributed by atoms with Crippen molar-refractivity contribution in [2.45, 2.75) is 29.4 Å². The topological polar surface area (TPSA) is 49.9 Å². The third kappa shape index (κ3) is 2.35. The van der Waals surface area contributed by atoms with Gasteiger partial charge in [0.2, 0.25) is 10.0 Å². The third-order valence-corrected chi connectivity index (χ3v) is 7.54. The smallest absolute Gasteiger partial charge is 0.243 e. The summed E-state index contributed by atoms with van der Waals surface area (Å²) < 4.78 is 33.8. The number of nitrogens with zero attached hydrogens (tertiary/aromatic N) is 2. The first-order chi connectivity index (χ1) is 10.9. The molecule has 5 nitrogen and oxygen atoms in total. The van der Waals surface area contributed by atoms with Crippen LogP contribution >= 0.6 is 0 Å². The molecule has 3 heterocycles. The average Bonchev–Trinajstić information content (AvgIpc) is 3.17. The zero-order valence-corrected chi connectivity index (χ0v) is 14.5. The maximum absolute atomic E-state index is 12.9. The molecule has 3 aliphatic heterocycles. The monoisotopic (exact) mass is 336 g/mol. The Bertz CT molecular complexity index is 691. The lowest BCUT2D eigenvalue weighted by Gasteiger charge is -2.31. The van der Waals surface area contributed by atoms with Crippen LogP contribution in [0.5, 0.6) is 0 Å². The van der Waals surface area contributed by atoms with Gasteiger partial charge in [0.15, 0.2) is 0 Å². The summed E-state index contributed by atoms with van der Waals surface area (Å²) in [6.45, 7) is 2.07. The van der Waals surface area contributed by atoms with Crippen LogP contribution in [0.3, 0.4) is 0 Å². The molecule has 3 aliphatic rings. The quantitative estimate of drug-likeness (QED) is 0.834. The molecule has 1 aromatic rings. The van der Waals surface area contributed by atoms with Crippen LogP contribution in [0.1, 0.15) is 12.8 Å². The molecule has 126 valence electrons. The van der Waals surface area contributed by atoms with Crippen molar-refractivity contribution in [2.75, 3.05) is 33.7 Å². The Morgan fingerprint density at radius 2 is 2.04 bits per heavy atom. The molecule has 0 aromatic heterocycles. The fourth-order valence-corrected chi connectivity index (χ4v) is 6.28. The average molecular weight is 336 g/mol. The lowest BCUT2D eigenvalue weighted by Crippen LogP contribution is -2.40. The molecule has 0 amide bonds. The number of ether oxygens (including phenoxy) is 1. The van der Waals surface area contributed by atoms with Crippen molar-refractivity contribution < 1.29 is 13.2 Å². The van der Waals surface area contributed by atoms with Gasteiger partial charge in [0.1, 0.15) is 0 Å². The second-order valence-electron chi connectivity index (χ2n) is 7.40. The predicted octanol–water partition coefficient (Wildman–Crippen LogP) is 1.42. The number of rotatable bonds is 4. The Hall–Kier alpha value is -0.950. The molecule has 0 unspecified atom stereocenters. The van der Waals surface area contributed by atoms with Gasteiger partial charge in [-0.25, -0.2) is 8.42 Å². The molecule has 0 radical (unpaired) electrons. The molecule has 1 aromatic carbocycles. The lowest BCUT2D eigenvalue weighted by molar-refractivity contribution is 0.00739. The molecular weight excluding hydrogens is 312 g/mol. The van der Waals surface area contributed by atoms with Crippen molar-refractivity contribution in [1.29, 1.82) is 0 Å². The number of benzene rings is 1. The Morgan fingerprint density at radius 3 is 2.74 bits per heavy atom. The molecule has 2 bridgehead atoms. The Labute approximate surface area is 138 Å². The SMILES string of the molecule is CN(C)C[C@H]1[C@H]2CN(S(=O)(=O)c3ccccc3)C[C@]23CC[C@H]1O3. The summed E-state index contributed by atoms with van der Waals surface area (Å²) in [6.07, 6.45) is 2.37. The van der Waals surface area contributed by atoms with Crippen LogP contribution in [0.4, 0.5) is 0 Å². The van der Waals surface area contributed by atoms with E-state index in [0.29, 0.717) is 35.9 Å². The first-order valence-electron chi connectivity index (χ1n) is 8.30. The second-order valence-corrected chi connectivity index (χ2v) is 9.34. The molecular formula is C17H24N2O3S. The minimum absolute atomic E-state index is 0.243. The summed E-state index contributed by atoms with van der Waals surface area (Å²) in [5, 5.41) is 0. The normalized spacial score (nSPS) is 36.7. The lowest BCUT2D eigenvalue weighted by atomic mass is 9.73. The largest absolute Gasteiger partial charge is 0.370 e. The number of fused-ring (bicyclic) bond motifs is 1. The first kappa shape index (κ1) is 15.6. The van der Waals surface area contributed by atoms with Gasteiger partial charge in [0.25, 0.3) is 0 Å². The highest BCUT2D eigenvalue weighted by Gasteiger charge is 2.64. The van der Waals surface area contributed by atoms with E-state index in [9.17, 15) is 8.42 Å². The summed E-state index contributed by atoms with van der Waals surface area (Å²) in [4.78, 5) is 2.58. The van der Waals surface area contributed by atoms with Crippen LogP contribution in [0.25, 0.3) is 0 Å². The van der Waals surface area contributed by atoms with Crippen LogP contribution in [0, 0.1) is 11.8 Å². The van der Waals surface area contributed by atoms with Crippen LogP contribution in [-0.4, -0.2) is 63.1 Å². The molecule has 1 spiro atoms. The molecule has 0 aliphatic carbocycles. The third-order valence-electron chi connectivity index (χ3n) is 5.71. The highest BCUT2D eigenvalue weighted by atomic mass is 32.2. The van der Waals surface area contributed by atoms with E-state index >= 15 is 0 Å². The van der Waals surface area contributed by atoms with Gasteiger partial charge in [-0.3, -0.25) is 0 Å². The first-order valence-corrected chi connectivity index (χ1v) is 9.74. The van der Waals surface area contributed by atoms with Gasteiger partial charge in [0, 0.05) is 31.5 Å². The standard InChI is InChI=1S/C17H24N2O3S/c1-18(2)10-14-15-11-19(12-17(15)9-8-16(14)22-17)23(20,21)13-6-4-3-5-7-13/h3-7,14-16H,8-12H2,1-2H3/t14-,15+,16+,17+/m0/s1. The highest BCUT2D eigenvalue weighted by Crippen LogP contribution is 2.55.